The summed E-state index contributed by atoms with van der Waals surface area (Å²) < 4.78 is 13.0. The zero-order chi connectivity index (χ0) is 10.9. The lowest BCUT2D eigenvalue weighted by molar-refractivity contribution is 0.00820. The quantitative estimate of drug-likeness (QED) is 0.771. The molecule has 0 saturated heterocycles. The number of hydrogen-bond acceptors (Lipinski definition) is 1. The zero-order valence-electron chi connectivity index (χ0n) is 9.13. The van der Waals surface area contributed by atoms with E-state index in [2.05, 4.69) is 0 Å². The van der Waals surface area contributed by atoms with Gasteiger partial charge in [-0.15, -0.1) is 0 Å². The SMILES string of the molecule is Cc1ccc(F)cc1C(C)(O)C(C)C. The Bertz CT molecular complexity index is 329. The third-order valence-electron chi connectivity index (χ3n) is 2.87. The molecule has 2 heteroatoms. The van der Waals surface area contributed by atoms with Gasteiger partial charge in [0.15, 0.2) is 0 Å². The van der Waals surface area contributed by atoms with Crippen molar-refractivity contribution < 1.29 is 9.50 Å². The third-order valence-corrected chi connectivity index (χ3v) is 2.87. The van der Waals surface area contributed by atoms with Crippen LogP contribution in [-0.4, -0.2) is 5.11 Å². The molecule has 1 aromatic rings. The van der Waals surface area contributed by atoms with Gasteiger partial charge in [-0.05, 0) is 43.0 Å². The van der Waals surface area contributed by atoms with Gasteiger partial charge in [0.2, 0.25) is 0 Å². The maximum Gasteiger partial charge on any atom is 0.123 e. The molecular formula is C12H17FO. The van der Waals surface area contributed by atoms with E-state index in [9.17, 15) is 9.50 Å². The fourth-order valence-corrected chi connectivity index (χ4v) is 1.45. The molecule has 0 aliphatic rings. The first-order valence-corrected chi connectivity index (χ1v) is 4.84. The first-order chi connectivity index (χ1) is 6.35. The summed E-state index contributed by atoms with van der Waals surface area (Å²) in [4.78, 5) is 0. The summed E-state index contributed by atoms with van der Waals surface area (Å²) in [5.41, 5.74) is 0.629. The molecule has 1 nitrogen and oxygen atoms in total. The van der Waals surface area contributed by atoms with Gasteiger partial charge in [-0.2, -0.15) is 0 Å². The van der Waals surface area contributed by atoms with Crippen LogP contribution in [0, 0.1) is 18.7 Å². The van der Waals surface area contributed by atoms with E-state index in [1.165, 1.54) is 12.1 Å². The molecule has 0 radical (unpaired) electrons. The lowest BCUT2D eigenvalue weighted by Gasteiger charge is -2.29. The molecule has 78 valence electrons. The Hall–Kier alpha value is -0.890. The van der Waals surface area contributed by atoms with Crippen molar-refractivity contribution in [2.75, 3.05) is 0 Å². The molecule has 0 heterocycles. The number of rotatable bonds is 2. The molecule has 0 aromatic heterocycles. The van der Waals surface area contributed by atoms with Crippen molar-refractivity contribution in [2.24, 2.45) is 5.92 Å². The maximum absolute atomic E-state index is 13.0. The number of hydrogen-bond donors (Lipinski definition) is 1. The molecule has 1 atom stereocenters. The van der Waals surface area contributed by atoms with E-state index in [1.807, 2.05) is 20.8 Å². The summed E-state index contributed by atoms with van der Waals surface area (Å²) in [6.45, 7) is 7.44. The van der Waals surface area contributed by atoms with Crippen LogP contribution in [0.25, 0.3) is 0 Å². The Labute approximate surface area is 84.6 Å². The van der Waals surface area contributed by atoms with Crippen molar-refractivity contribution in [2.45, 2.75) is 33.3 Å². The van der Waals surface area contributed by atoms with E-state index in [-0.39, 0.29) is 11.7 Å². The predicted octanol–water partition coefficient (Wildman–Crippen LogP) is 3.00. The second-order valence-electron chi connectivity index (χ2n) is 4.26. The van der Waals surface area contributed by atoms with Gasteiger partial charge < -0.3 is 5.11 Å². The van der Waals surface area contributed by atoms with Crippen molar-refractivity contribution >= 4 is 0 Å². The Morgan fingerprint density at radius 3 is 2.43 bits per heavy atom. The van der Waals surface area contributed by atoms with Crippen LogP contribution in [0.2, 0.25) is 0 Å². The topological polar surface area (TPSA) is 20.2 Å². The van der Waals surface area contributed by atoms with Gasteiger partial charge in [-0.25, -0.2) is 4.39 Å². The standard InChI is InChI=1S/C12H17FO/c1-8(2)12(4,14)11-7-10(13)6-5-9(11)3/h5-8,14H,1-4H3. The molecule has 1 rings (SSSR count). The van der Waals surface area contributed by atoms with E-state index in [0.717, 1.165) is 5.56 Å². The average Bonchev–Trinajstić information content (AvgIpc) is 2.08. The summed E-state index contributed by atoms with van der Waals surface area (Å²) in [6.07, 6.45) is 0. The van der Waals surface area contributed by atoms with Crippen LogP contribution in [0.4, 0.5) is 4.39 Å². The van der Waals surface area contributed by atoms with Crippen LogP contribution >= 0.6 is 0 Å². The largest absolute Gasteiger partial charge is 0.385 e. The van der Waals surface area contributed by atoms with Gasteiger partial charge in [0, 0.05) is 0 Å². The fourth-order valence-electron chi connectivity index (χ4n) is 1.45. The molecule has 0 aliphatic heterocycles. The Kier molecular flexibility index (Phi) is 2.95. The van der Waals surface area contributed by atoms with E-state index >= 15 is 0 Å². The number of benzene rings is 1. The zero-order valence-corrected chi connectivity index (χ0v) is 9.13. The number of aliphatic hydroxyl groups is 1. The van der Waals surface area contributed by atoms with Gasteiger partial charge in [-0.3, -0.25) is 0 Å². The van der Waals surface area contributed by atoms with Crippen molar-refractivity contribution in [3.63, 3.8) is 0 Å². The molecule has 1 aromatic carbocycles. The monoisotopic (exact) mass is 196 g/mol. The van der Waals surface area contributed by atoms with E-state index < -0.39 is 5.60 Å². The van der Waals surface area contributed by atoms with Crippen LogP contribution in [0.15, 0.2) is 18.2 Å². The minimum absolute atomic E-state index is 0.0583. The highest BCUT2D eigenvalue weighted by Crippen LogP contribution is 2.31. The van der Waals surface area contributed by atoms with Crippen molar-refractivity contribution in [1.82, 2.24) is 0 Å². The summed E-state index contributed by atoms with van der Waals surface area (Å²) in [7, 11) is 0. The maximum atomic E-state index is 13.0. The van der Waals surface area contributed by atoms with Crippen LogP contribution in [0.1, 0.15) is 31.9 Å². The molecule has 1 N–H and O–H groups in total. The summed E-state index contributed by atoms with van der Waals surface area (Å²) in [5, 5.41) is 10.2. The molecule has 0 aliphatic carbocycles. The molecule has 0 saturated carbocycles. The first kappa shape index (κ1) is 11.2. The number of halogens is 1. The smallest absolute Gasteiger partial charge is 0.123 e. The minimum atomic E-state index is -0.966. The van der Waals surface area contributed by atoms with Crippen molar-refractivity contribution in [3.05, 3.63) is 35.1 Å². The van der Waals surface area contributed by atoms with Gasteiger partial charge in [-0.1, -0.05) is 19.9 Å². The third kappa shape index (κ3) is 1.95. The van der Waals surface area contributed by atoms with Gasteiger partial charge in [0.05, 0.1) is 5.60 Å². The highest BCUT2D eigenvalue weighted by molar-refractivity contribution is 5.31. The van der Waals surface area contributed by atoms with Crippen LogP contribution in [-0.2, 0) is 5.60 Å². The highest BCUT2D eigenvalue weighted by Gasteiger charge is 2.28. The Balaban J connectivity index is 3.24. The van der Waals surface area contributed by atoms with E-state index in [4.69, 9.17) is 0 Å². The Morgan fingerprint density at radius 1 is 1.36 bits per heavy atom. The molecule has 0 bridgehead atoms. The molecular weight excluding hydrogens is 179 g/mol. The van der Waals surface area contributed by atoms with Gasteiger partial charge >= 0.3 is 0 Å². The van der Waals surface area contributed by atoms with Crippen molar-refractivity contribution in [1.29, 1.82) is 0 Å². The first-order valence-electron chi connectivity index (χ1n) is 4.84. The average molecular weight is 196 g/mol. The van der Waals surface area contributed by atoms with Crippen LogP contribution in [0.5, 0.6) is 0 Å². The fraction of sp³-hybridized carbons (Fsp3) is 0.500. The molecule has 14 heavy (non-hydrogen) atoms. The number of aryl methyl sites for hydroxylation is 1. The van der Waals surface area contributed by atoms with Gasteiger partial charge in [0.25, 0.3) is 0 Å². The summed E-state index contributed by atoms with van der Waals surface area (Å²) in [5.74, 6) is -0.241. The second kappa shape index (κ2) is 3.70. The van der Waals surface area contributed by atoms with Crippen LogP contribution in [0.3, 0.4) is 0 Å². The summed E-state index contributed by atoms with van der Waals surface area (Å²) >= 11 is 0. The normalized spacial score (nSPS) is 15.6. The van der Waals surface area contributed by atoms with Gasteiger partial charge in [0.1, 0.15) is 5.82 Å². The molecule has 0 amide bonds. The second-order valence-corrected chi connectivity index (χ2v) is 4.26. The van der Waals surface area contributed by atoms with E-state index in [1.54, 1.807) is 13.0 Å². The molecule has 0 fully saturated rings. The lowest BCUT2D eigenvalue weighted by Crippen LogP contribution is -2.29. The predicted molar refractivity (Wildman–Crippen MR) is 55.5 cm³/mol. The molecule has 1 unspecified atom stereocenters. The highest BCUT2D eigenvalue weighted by atomic mass is 19.1. The van der Waals surface area contributed by atoms with Crippen LogP contribution < -0.4 is 0 Å². The van der Waals surface area contributed by atoms with E-state index in [0.29, 0.717) is 5.56 Å². The minimum Gasteiger partial charge on any atom is -0.385 e. The van der Waals surface area contributed by atoms with Crippen molar-refractivity contribution in [3.8, 4) is 0 Å². The summed E-state index contributed by atoms with van der Waals surface area (Å²) in [6, 6.07) is 4.52. The lowest BCUT2D eigenvalue weighted by atomic mass is 9.83. The molecule has 0 spiro atoms. The Morgan fingerprint density at radius 2 is 1.93 bits per heavy atom.